The van der Waals surface area contributed by atoms with Crippen LogP contribution in [0.25, 0.3) is 11.4 Å². The van der Waals surface area contributed by atoms with Crippen LogP contribution in [0.4, 0.5) is 11.4 Å². The Morgan fingerprint density at radius 2 is 1.69 bits per heavy atom. The lowest BCUT2D eigenvalue weighted by Gasteiger charge is -2.07. The van der Waals surface area contributed by atoms with E-state index in [2.05, 4.69) is 36.5 Å². The second-order valence-corrected chi connectivity index (χ2v) is 7.61. The Bertz CT molecular complexity index is 1250. The summed E-state index contributed by atoms with van der Waals surface area (Å²) in [4.78, 5) is 32.9. The third-order valence-electron chi connectivity index (χ3n) is 4.41. The topological polar surface area (TPSA) is 117 Å². The summed E-state index contributed by atoms with van der Waals surface area (Å²) in [7, 11) is 0. The van der Waals surface area contributed by atoms with E-state index in [9.17, 15) is 14.7 Å². The summed E-state index contributed by atoms with van der Waals surface area (Å²) in [5, 5.41) is 15.0. The van der Waals surface area contributed by atoms with Gasteiger partial charge in [0.1, 0.15) is 5.75 Å². The second-order valence-electron chi connectivity index (χ2n) is 6.83. The van der Waals surface area contributed by atoms with Gasteiger partial charge in [-0.25, -0.2) is 9.97 Å². The Labute approximate surface area is 191 Å². The minimum absolute atomic E-state index is 0.128. The van der Waals surface area contributed by atoms with Crippen molar-refractivity contribution in [2.45, 2.75) is 6.42 Å². The minimum Gasteiger partial charge on any atom is -0.508 e. The Hall–Kier alpha value is -3.98. The number of carbonyl (C=O) groups is 2. The van der Waals surface area contributed by atoms with Gasteiger partial charge in [-0.1, -0.05) is 24.3 Å². The highest BCUT2D eigenvalue weighted by atomic mass is 79.9. The van der Waals surface area contributed by atoms with E-state index < -0.39 is 0 Å². The van der Waals surface area contributed by atoms with E-state index in [-0.39, 0.29) is 29.7 Å². The Kier molecular flexibility index (Phi) is 6.27. The fourth-order valence-corrected chi connectivity index (χ4v) is 3.22. The highest BCUT2D eigenvalue weighted by Crippen LogP contribution is 2.20. The number of rotatable bonds is 6. The molecule has 0 unspecified atom stereocenters. The first-order chi connectivity index (χ1) is 15.5. The molecule has 160 valence electrons. The predicted octanol–water partition coefficient (Wildman–Crippen LogP) is 4.64. The standard InChI is InChI=1S/C23H17BrN4O4/c24-20-9-8-19(32-20)23(31)28-16-6-4-14(5-7-16)10-21(30)27-17-12-25-22(26-13-17)15-2-1-3-18(29)11-15/h1-9,11-13,29H,10H2,(H,27,30)(H,28,31). The molecule has 3 N–H and O–H groups in total. The molecule has 0 atom stereocenters. The van der Waals surface area contributed by atoms with E-state index in [0.29, 0.717) is 27.4 Å². The highest BCUT2D eigenvalue weighted by molar-refractivity contribution is 9.10. The van der Waals surface area contributed by atoms with Crippen LogP contribution in [0.15, 0.2) is 82.1 Å². The number of carbonyl (C=O) groups excluding carboxylic acids is 2. The molecule has 4 rings (SSSR count). The molecule has 8 nitrogen and oxygen atoms in total. The zero-order chi connectivity index (χ0) is 22.5. The third-order valence-corrected chi connectivity index (χ3v) is 4.84. The molecule has 0 bridgehead atoms. The van der Waals surface area contributed by atoms with Crippen molar-refractivity contribution in [3.63, 3.8) is 0 Å². The molecule has 0 saturated carbocycles. The lowest BCUT2D eigenvalue weighted by molar-refractivity contribution is -0.115. The van der Waals surface area contributed by atoms with Gasteiger partial charge in [-0.2, -0.15) is 0 Å². The first-order valence-corrected chi connectivity index (χ1v) is 10.3. The summed E-state index contributed by atoms with van der Waals surface area (Å²) in [6, 6.07) is 16.8. The number of nitrogens with one attached hydrogen (secondary N) is 2. The van der Waals surface area contributed by atoms with Crippen LogP contribution in [0.5, 0.6) is 5.75 Å². The predicted molar refractivity (Wildman–Crippen MR) is 122 cm³/mol. The van der Waals surface area contributed by atoms with Crippen molar-refractivity contribution < 1.29 is 19.1 Å². The number of benzene rings is 2. The van der Waals surface area contributed by atoms with Gasteiger partial charge in [0.25, 0.3) is 5.91 Å². The second kappa shape index (κ2) is 9.44. The maximum Gasteiger partial charge on any atom is 0.291 e. The van der Waals surface area contributed by atoms with Crippen molar-refractivity contribution in [1.82, 2.24) is 9.97 Å². The van der Waals surface area contributed by atoms with E-state index in [4.69, 9.17) is 4.42 Å². The Morgan fingerprint density at radius 1 is 0.938 bits per heavy atom. The van der Waals surface area contributed by atoms with Crippen molar-refractivity contribution >= 4 is 39.1 Å². The molecule has 2 aromatic heterocycles. The Balaban J connectivity index is 1.32. The van der Waals surface area contributed by atoms with Crippen LogP contribution in [0.3, 0.4) is 0 Å². The van der Waals surface area contributed by atoms with Crippen molar-refractivity contribution in [3.05, 3.63) is 89.1 Å². The van der Waals surface area contributed by atoms with Gasteiger partial charge in [0.05, 0.1) is 24.5 Å². The van der Waals surface area contributed by atoms with Crippen LogP contribution in [0.1, 0.15) is 16.1 Å². The smallest absolute Gasteiger partial charge is 0.291 e. The van der Waals surface area contributed by atoms with Gasteiger partial charge in [0, 0.05) is 11.3 Å². The lowest BCUT2D eigenvalue weighted by atomic mass is 10.1. The molecule has 4 aromatic rings. The van der Waals surface area contributed by atoms with Crippen molar-refractivity contribution in [2.75, 3.05) is 10.6 Å². The summed E-state index contributed by atoms with van der Waals surface area (Å²) in [5.74, 6) is 0.172. The molecule has 0 fully saturated rings. The fraction of sp³-hybridized carbons (Fsp3) is 0.0435. The van der Waals surface area contributed by atoms with Crippen molar-refractivity contribution in [2.24, 2.45) is 0 Å². The molecule has 0 spiro atoms. The number of halogens is 1. The number of aromatic hydroxyl groups is 1. The van der Waals surface area contributed by atoms with Gasteiger partial charge in [-0.05, 0) is 57.9 Å². The van der Waals surface area contributed by atoms with Crippen LogP contribution in [0, 0.1) is 0 Å². The van der Waals surface area contributed by atoms with E-state index in [1.165, 1.54) is 12.4 Å². The van der Waals surface area contributed by atoms with Crippen molar-refractivity contribution in [3.8, 4) is 17.1 Å². The molecule has 9 heteroatoms. The van der Waals surface area contributed by atoms with Crippen LogP contribution in [-0.2, 0) is 11.2 Å². The zero-order valence-electron chi connectivity index (χ0n) is 16.6. The number of amides is 2. The first kappa shape index (κ1) is 21.3. The summed E-state index contributed by atoms with van der Waals surface area (Å²) < 4.78 is 5.69. The normalized spacial score (nSPS) is 10.5. The van der Waals surface area contributed by atoms with E-state index in [1.54, 1.807) is 60.7 Å². The number of phenols is 1. The summed E-state index contributed by atoms with van der Waals surface area (Å²) in [6.07, 6.45) is 3.17. The number of hydrogen-bond donors (Lipinski definition) is 3. The quantitative estimate of drug-likeness (QED) is 0.360. The third kappa shape index (κ3) is 5.38. The van der Waals surface area contributed by atoms with Gasteiger partial charge in [-0.3, -0.25) is 9.59 Å². The van der Waals surface area contributed by atoms with E-state index in [1.807, 2.05) is 0 Å². The van der Waals surface area contributed by atoms with Gasteiger partial charge < -0.3 is 20.2 Å². The minimum atomic E-state index is -0.365. The summed E-state index contributed by atoms with van der Waals surface area (Å²) >= 11 is 3.16. The number of anilines is 2. The maximum absolute atomic E-state index is 12.3. The van der Waals surface area contributed by atoms with Crippen molar-refractivity contribution in [1.29, 1.82) is 0 Å². The number of phenolic OH excluding ortho intramolecular Hbond substituents is 1. The van der Waals surface area contributed by atoms with Gasteiger partial charge in [0.2, 0.25) is 5.91 Å². The number of furan rings is 1. The molecule has 2 amide bonds. The molecule has 0 aliphatic heterocycles. The molecule has 0 aliphatic carbocycles. The van der Waals surface area contributed by atoms with Gasteiger partial charge in [0.15, 0.2) is 16.3 Å². The number of hydrogen-bond acceptors (Lipinski definition) is 6. The van der Waals surface area contributed by atoms with Gasteiger partial charge in [-0.15, -0.1) is 0 Å². The molecular formula is C23H17BrN4O4. The monoisotopic (exact) mass is 492 g/mol. The van der Waals surface area contributed by atoms with E-state index >= 15 is 0 Å². The molecule has 0 saturated heterocycles. The molecule has 0 radical (unpaired) electrons. The SMILES string of the molecule is O=C(Cc1ccc(NC(=O)c2ccc(Br)o2)cc1)Nc1cnc(-c2cccc(O)c2)nc1. The van der Waals surface area contributed by atoms with Crippen LogP contribution >= 0.6 is 15.9 Å². The molecule has 0 aliphatic rings. The summed E-state index contributed by atoms with van der Waals surface area (Å²) in [6.45, 7) is 0. The number of aromatic nitrogens is 2. The largest absolute Gasteiger partial charge is 0.508 e. The van der Waals surface area contributed by atoms with Gasteiger partial charge >= 0.3 is 0 Å². The molecule has 32 heavy (non-hydrogen) atoms. The molecule has 2 heterocycles. The highest BCUT2D eigenvalue weighted by Gasteiger charge is 2.11. The summed E-state index contributed by atoms with van der Waals surface area (Å²) in [5.41, 5.74) is 2.50. The maximum atomic E-state index is 12.3. The lowest BCUT2D eigenvalue weighted by Crippen LogP contribution is -2.15. The average Bonchev–Trinajstić information content (AvgIpc) is 3.22. The zero-order valence-corrected chi connectivity index (χ0v) is 18.2. The first-order valence-electron chi connectivity index (χ1n) is 9.53. The van der Waals surface area contributed by atoms with Crippen LogP contribution < -0.4 is 10.6 Å². The van der Waals surface area contributed by atoms with Crippen LogP contribution in [0.2, 0.25) is 0 Å². The molecule has 2 aromatic carbocycles. The fourth-order valence-electron chi connectivity index (χ4n) is 2.91. The number of nitrogens with zero attached hydrogens (tertiary/aromatic N) is 2. The Morgan fingerprint density at radius 3 is 2.34 bits per heavy atom. The average molecular weight is 493 g/mol. The van der Waals surface area contributed by atoms with Crippen LogP contribution in [-0.4, -0.2) is 26.9 Å². The van der Waals surface area contributed by atoms with E-state index in [0.717, 1.165) is 5.56 Å². The molecular weight excluding hydrogens is 476 g/mol.